The first-order valence-electron chi connectivity index (χ1n) is 9.08. The summed E-state index contributed by atoms with van der Waals surface area (Å²) < 4.78 is 0. The molecule has 7 nitrogen and oxygen atoms in total. The lowest BCUT2D eigenvalue weighted by atomic mass is 10.1. The van der Waals surface area contributed by atoms with Crippen molar-refractivity contribution in [3.05, 3.63) is 77.7 Å². The molecule has 0 aliphatic carbocycles. The SMILES string of the molecule is Nc1ncc(Cc2ccc3[nH]ncc3c2)c(NCc2ccc3cc[nH]c3c2)n1. The van der Waals surface area contributed by atoms with Gasteiger partial charge in [0.15, 0.2) is 0 Å². The van der Waals surface area contributed by atoms with Gasteiger partial charge in [-0.3, -0.25) is 5.10 Å². The minimum Gasteiger partial charge on any atom is -0.368 e. The van der Waals surface area contributed by atoms with Crippen LogP contribution in [0.4, 0.5) is 11.8 Å². The van der Waals surface area contributed by atoms with Crippen LogP contribution in [0.2, 0.25) is 0 Å². The predicted octanol–water partition coefficient (Wildman–Crippen LogP) is 3.62. The number of nitrogens with zero attached hydrogens (tertiary/aromatic N) is 3. The Labute approximate surface area is 161 Å². The number of rotatable bonds is 5. The molecule has 7 heteroatoms. The summed E-state index contributed by atoms with van der Waals surface area (Å²) in [5.41, 5.74) is 11.3. The predicted molar refractivity (Wildman–Crippen MR) is 111 cm³/mol. The summed E-state index contributed by atoms with van der Waals surface area (Å²) in [6, 6.07) is 14.7. The first-order chi connectivity index (χ1) is 13.7. The number of aromatic amines is 2. The molecule has 0 fully saturated rings. The van der Waals surface area contributed by atoms with Crippen LogP contribution >= 0.6 is 0 Å². The van der Waals surface area contributed by atoms with E-state index < -0.39 is 0 Å². The van der Waals surface area contributed by atoms with E-state index in [0.717, 1.165) is 38.9 Å². The zero-order valence-corrected chi connectivity index (χ0v) is 15.1. The molecule has 0 saturated heterocycles. The van der Waals surface area contributed by atoms with Crippen molar-refractivity contribution in [3.63, 3.8) is 0 Å². The summed E-state index contributed by atoms with van der Waals surface area (Å²) in [7, 11) is 0. The molecule has 0 unspecified atom stereocenters. The average Bonchev–Trinajstić information content (AvgIpc) is 3.36. The molecule has 0 bridgehead atoms. The second kappa shape index (κ2) is 6.70. The number of nitrogens with two attached hydrogens (primary N) is 1. The zero-order valence-electron chi connectivity index (χ0n) is 15.1. The molecule has 0 aliphatic heterocycles. The molecule has 0 radical (unpaired) electrons. The number of hydrogen-bond donors (Lipinski definition) is 4. The molecule has 5 rings (SSSR count). The van der Waals surface area contributed by atoms with Crippen LogP contribution in [-0.2, 0) is 13.0 Å². The molecule has 0 spiro atoms. The van der Waals surface area contributed by atoms with E-state index in [1.54, 1.807) is 6.20 Å². The Morgan fingerprint density at radius 3 is 2.82 bits per heavy atom. The average molecular weight is 369 g/mol. The van der Waals surface area contributed by atoms with Crippen LogP contribution in [0.25, 0.3) is 21.8 Å². The molecule has 0 amide bonds. The minimum absolute atomic E-state index is 0.261. The molecule has 0 atom stereocenters. The minimum atomic E-state index is 0.261. The lowest BCUT2D eigenvalue weighted by molar-refractivity contribution is 1.04. The highest BCUT2D eigenvalue weighted by atomic mass is 15.1. The van der Waals surface area contributed by atoms with Gasteiger partial charge in [-0.1, -0.05) is 18.2 Å². The van der Waals surface area contributed by atoms with Crippen LogP contribution in [0, 0.1) is 0 Å². The van der Waals surface area contributed by atoms with E-state index in [1.807, 2.05) is 18.5 Å². The van der Waals surface area contributed by atoms with Crippen LogP contribution in [0.5, 0.6) is 0 Å². The molecular formula is C21H19N7. The second-order valence-electron chi connectivity index (χ2n) is 6.82. The Kier molecular flexibility index (Phi) is 3.90. The number of anilines is 2. The molecule has 3 aromatic heterocycles. The van der Waals surface area contributed by atoms with Crippen molar-refractivity contribution in [3.8, 4) is 0 Å². The monoisotopic (exact) mass is 369 g/mol. The van der Waals surface area contributed by atoms with E-state index in [-0.39, 0.29) is 5.95 Å². The molecule has 3 heterocycles. The van der Waals surface area contributed by atoms with Gasteiger partial charge in [-0.2, -0.15) is 10.1 Å². The van der Waals surface area contributed by atoms with Gasteiger partial charge in [0.1, 0.15) is 5.82 Å². The fourth-order valence-electron chi connectivity index (χ4n) is 3.42. The van der Waals surface area contributed by atoms with Gasteiger partial charge in [-0.25, -0.2) is 4.98 Å². The lowest BCUT2D eigenvalue weighted by Gasteiger charge is -2.12. The summed E-state index contributed by atoms with van der Waals surface area (Å²) in [5.74, 6) is 1.02. The highest BCUT2D eigenvalue weighted by Crippen LogP contribution is 2.21. The summed E-state index contributed by atoms with van der Waals surface area (Å²) in [6.07, 6.45) is 6.27. The third kappa shape index (κ3) is 3.14. The number of hydrogen-bond acceptors (Lipinski definition) is 5. The van der Waals surface area contributed by atoms with Gasteiger partial charge in [-0.05, 0) is 40.8 Å². The second-order valence-corrected chi connectivity index (χ2v) is 6.82. The van der Waals surface area contributed by atoms with Crippen LogP contribution in [0.1, 0.15) is 16.7 Å². The molecular weight excluding hydrogens is 350 g/mol. The van der Waals surface area contributed by atoms with Gasteiger partial charge < -0.3 is 16.0 Å². The van der Waals surface area contributed by atoms with E-state index >= 15 is 0 Å². The molecule has 5 N–H and O–H groups in total. The maximum Gasteiger partial charge on any atom is 0.221 e. The van der Waals surface area contributed by atoms with E-state index in [9.17, 15) is 0 Å². The van der Waals surface area contributed by atoms with E-state index in [0.29, 0.717) is 13.0 Å². The molecule has 0 saturated carbocycles. The maximum atomic E-state index is 5.83. The topological polar surface area (TPSA) is 108 Å². The molecule has 5 aromatic rings. The Hall–Kier alpha value is -3.87. The molecule has 2 aromatic carbocycles. The van der Waals surface area contributed by atoms with Gasteiger partial charge in [0.05, 0.1) is 11.7 Å². The van der Waals surface area contributed by atoms with Crippen molar-refractivity contribution in [2.24, 2.45) is 0 Å². The van der Waals surface area contributed by atoms with Crippen molar-refractivity contribution in [2.45, 2.75) is 13.0 Å². The Balaban J connectivity index is 1.39. The van der Waals surface area contributed by atoms with Gasteiger partial charge in [0.25, 0.3) is 0 Å². The van der Waals surface area contributed by atoms with E-state index in [1.165, 1.54) is 5.39 Å². The van der Waals surface area contributed by atoms with Gasteiger partial charge >= 0.3 is 0 Å². The normalized spacial score (nSPS) is 11.3. The number of nitrogen functional groups attached to an aromatic ring is 1. The first-order valence-corrected chi connectivity index (χ1v) is 9.08. The van der Waals surface area contributed by atoms with Crippen molar-refractivity contribution >= 4 is 33.6 Å². The van der Waals surface area contributed by atoms with Crippen LogP contribution in [-0.4, -0.2) is 25.1 Å². The molecule has 0 aliphatic rings. The number of aromatic nitrogens is 5. The van der Waals surface area contributed by atoms with Crippen LogP contribution in [0.3, 0.4) is 0 Å². The Bertz CT molecular complexity index is 1270. The summed E-state index contributed by atoms with van der Waals surface area (Å²) in [6.45, 7) is 0.652. The van der Waals surface area contributed by atoms with Crippen molar-refractivity contribution < 1.29 is 0 Å². The maximum absolute atomic E-state index is 5.83. The standard InChI is InChI=1S/C21H19N7/c22-21-25-11-17(8-13-2-4-18-16(7-13)12-26-28-18)20(27-21)24-10-14-1-3-15-5-6-23-19(15)9-14/h1-7,9,11-12,23H,8,10H2,(H,26,28)(H3,22,24,25,27). The quantitative estimate of drug-likeness (QED) is 0.378. The summed E-state index contributed by atoms with van der Waals surface area (Å²) >= 11 is 0. The van der Waals surface area contributed by atoms with Gasteiger partial charge in [0, 0.05) is 41.8 Å². The molecule has 28 heavy (non-hydrogen) atoms. The summed E-state index contributed by atoms with van der Waals surface area (Å²) in [4.78, 5) is 11.8. The number of fused-ring (bicyclic) bond motifs is 2. The smallest absolute Gasteiger partial charge is 0.221 e. The number of nitrogens with one attached hydrogen (secondary N) is 3. The fraction of sp³-hybridized carbons (Fsp3) is 0.0952. The first kappa shape index (κ1) is 16.3. The highest BCUT2D eigenvalue weighted by Gasteiger charge is 2.09. The number of benzene rings is 2. The Morgan fingerprint density at radius 1 is 0.929 bits per heavy atom. The summed E-state index contributed by atoms with van der Waals surface area (Å²) in [5, 5.41) is 12.8. The third-order valence-electron chi connectivity index (χ3n) is 4.86. The third-order valence-corrected chi connectivity index (χ3v) is 4.86. The van der Waals surface area contributed by atoms with Crippen LogP contribution in [0.15, 0.2) is 61.1 Å². The van der Waals surface area contributed by atoms with E-state index in [4.69, 9.17) is 5.73 Å². The zero-order chi connectivity index (χ0) is 18.9. The van der Waals surface area contributed by atoms with Crippen molar-refractivity contribution in [2.75, 3.05) is 11.1 Å². The Morgan fingerprint density at radius 2 is 1.86 bits per heavy atom. The highest BCUT2D eigenvalue weighted by molar-refractivity contribution is 5.80. The fourth-order valence-corrected chi connectivity index (χ4v) is 3.42. The van der Waals surface area contributed by atoms with Gasteiger partial charge in [-0.15, -0.1) is 0 Å². The van der Waals surface area contributed by atoms with Crippen LogP contribution < -0.4 is 11.1 Å². The lowest BCUT2D eigenvalue weighted by Crippen LogP contribution is -2.08. The van der Waals surface area contributed by atoms with Gasteiger partial charge in [0.2, 0.25) is 5.95 Å². The largest absolute Gasteiger partial charge is 0.368 e. The van der Waals surface area contributed by atoms with E-state index in [2.05, 4.69) is 66.9 Å². The molecule has 138 valence electrons. The van der Waals surface area contributed by atoms with Crippen molar-refractivity contribution in [1.82, 2.24) is 25.1 Å². The van der Waals surface area contributed by atoms with Crippen molar-refractivity contribution in [1.29, 1.82) is 0 Å². The number of H-pyrrole nitrogens is 2.